The third-order valence-electron chi connectivity index (χ3n) is 10.1. The van der Waals surface area contributed by atoms with Gasteiger partial charge in [-0.2, -0.15) is 0 Å². The van der Waals surface area contributed by atoms with Crippen LogP contribution in [0.2, 0.25) is 0 Å². The second-order valence-corrected chi connectivity index (χ2v) is 13.5. The lowest BCUT2D eigenvalue weighted by atomic mass is 10.0. The Bertz CT molecular complexity index is 2210. The van der Waals surface area contributed by atoms with Gasteiger partial charge in [0, 0.05) is 62.4 Å². The van der Waals surface area contributed by atoms with Crippen molar-refractivity contribution in [3.63, 3.8) is 0 Å². The Balaban J connectivity index is 0.974. The van der Waals surface area contributed by atoms with Crippen LogP contribution in [0.15, 0.2) is 95.2 Å². The van der Waals surface area contributed by atoms with Gasteiger partial charge in [0.2, 0.25) is 0 Å². The van der Waals surface area contributed by atoms with Gasteiger partial charge in [-0.25, -0.2) is 0 Å². The third kappa shape index (κ3) is 7.95. The number of ether oxygens (including phenoxy) is 6. The highest BCUT2D eigenvalue weighted by atomic mass is 16.5. The first kappa shape index (κ1) is 37.7. The molecule has 0 saturated carbocycles. The SMILES string of the molecule is COc1ccc(C2=CN(C)C(C=Nc3cc(OCCCOc4cc5c(cc4OC)C(=O)N4C=C(c6ccc(OC)cc6)CC4C=N5)c(OC)cc3C=O)C2)cc1. The van der Waals surface area contributed by atoms with Crippen molar-refractivity contribution < 1.29 is 38.0 Å². The molecule has 2 unspecified atom stereocenters. The smallest absolute Gasteiger partial charge is 0.260 e. The zero-order valence-corrected chi connectivity index (χ0v) is 32.1. The summed E-state index contributed by atoms with van der Waals surface area (Å²) in [6.45, 7) is 0.594. The van der Waals surface area contributed by atoms with E-state index in [0.29, 0.717) is 71.6 Å². The molecule has 1 amide bonds. The normalized spacial score (nSPS) is 17.2. The topological polar surface area (TPSA) is 121 Å². The van der Waals surface area contributed by atoms with E-state index < -0.39 is 0 Å². The van der Waals surface area contributed by atoms with Crippen molar-refractivity contribution in [3.8, 4) is 34.5 Å². The minimum atomic E-state index is -0.206. The first-order valence-corrected chi connectivity index (χ1v) is 18.3. The summed E-state index contributed by atoms with van der Waals surface area (Å²) in [5.41, 5.74) is 6.20. The number of carbonyl (C=O) groups is 2. The molecule has 0 saturated heterocycles. The van der Waals surface area contributed by atoms with Crippen LogP contribution in [-0.4, -0.2) is 95.2 Å². The Morgan fingerprint density at radius 1 is 0.750 bits per heavy atom. The van der Waals surface area contributed by atoms with Crippen molar-refractivity contribution >= 4 is 47.1 Å². The molecule has 0 spiro atoms. The lowest BCUT2D eigenvalue weighted by Gasteiger charge is -2.19. The van der Waals surface area contributed by atoms with E-state index in [1.165, 1.54) is 12.7 Å². The molecule has 0 fully saturated rings. The number of hydrogen-bond donors (Lipinski definition) is 0. The zero-order valence-electron chi connectivity index (χ0n) is 32.1. The lowest BCUT2D eigenvalue weighted by molar-refractivity contribution is 0.0817. The van der Waals surface area contributed by atoms with Gasteiger partial charge in [0.25, 0.3) is 5.91 Å². The second-order valence-electron chi connectivity index (χ2n) is 13.5. The van der Waals surface area contributed by atoms with E-state index in [-0.39, 0.29) is 18.0 Å². The molecular weight excluding hydrogens is 713 g/mol. The Labute approximate surface area is 326 Å². The minimum absolute atomic E-state index is 0.0101. The number of methoxy groups -OCH3 is 4. The Morgan fingerprint density at radius 3 is 1.96 bits per heavy atom. The largest absolute Gasteiger partial charge is 0.497 e. The summed E-state index contributed by atoms with van der Waals surface area (Å²) in [6, 6.07) is 22.4. The summed E-state index contributed by atoms with van der Waals surface area (Å²) < 4.78 is 34.0. The van der Waals surface area contributed by atoms with Crippen LogP contribution in [0.4, 0.5) is 11.4 Å². The van der Waals surface area contributed by atoms with Crippen molar-refractivity contribution in [2.45, 2.75) is 31.3 Å². The number of nitrogens with zero attached hydrogens (tertiary/aromatic N) is 4. The van der Waals surface area contributed by atoms with Crippen molar-refractivity contribution in [1.82, 2.24) is 9.80 Å². The first-order chi connectivity index (χ1) is 27.3. The summed E-state index contributed by atoms with van der Waals surface area (Å²) in [6.07, 6.45) is 10.4. The van der Waals surface area contributed by atoms with Crippen molar-refractivity contribution in [2.75, 3.05) is 48.7 Å². The van der Waals surface area contributed by atoms with E-state index >= 15 is 0 Å². The number of fused-ring (bicyclic) bond motifs is 2. The van der Waals surface area contributed by atoms with E-state index in [4.69, 9.17) is 38.4 Å². The molecular formula is C44H44N4O8. The average molecular weight is 757 g/mol. The lowest BCUT2D eigenvalue weighted by Crippen LogP contribution is -2.32. The molecule has 0 N–H and O–H groups in total. The van der Waals surface area contributed by atoms with Crippen LogP contribution >= 0.6 is 0 Å². The predicted molar refractivity (Wildman–Crippen MR) is 216 cm³/mol. The molecule has 4 aromatic rings. The molecule has 7 rings (SSSR count). The molecule has 12 nitrogen and oxygen atoms in total. The summed E-state index contributed by atoms with van der Waals surface area (Å²) in [5.74, 6) is 3.21. The molecule has 0 bridgehead atoms. The van der Waals surface area contributed by atoms with Crippen LogP contribution < -0.4 is 28.4 Å². The van der Waals surface area contributed by atoms with Crippen molar-refractivity contribution in [3.05, 3.63) is 107 Å². The van der Waals surface area contributed by atoms with Gasteiger partial charge in [0.15, 0.2) is 29.3 Å². The molecule has 12 heteroatoms. The molecule has 288 valence electrons. The number of benzene rings is 4. The van der Waals surface area contributed by atoms with Crippen LogP contribution in [-0.2, 0) is 0 Å². The molecule has 3 aliphatic heterocycles. The Morgan fingerprint density at radius 2 is 1.36 bits per heavy atom. The summed E-state index contributed by atoms with van der Waals surface area (Å²) in [4.78, 5) is 39.1. The molecule has 0 aromatic heterocycles. The quantitative estimate of drug-likeness (QED) is 0.0680. The first-order valence-electron chi connectivity index (χ1n) is 18.3. The standard InChI is InChI=1S/C44H44N4O8/c1-47-25-30(28-7-11-35(51-2)12-8-28)17-33(47)23-45-38-21-42(40(53-4)19-32(38)27-49)55-15-6-16-56-43-22-39-37(20-41(43)54-5)44(50)48-26-31(18-34(48)24-46-39)29-9-13-36(52-3)14-10-29/h7-14,19-27,33-34H,6,15-18H2,1-5H3. The number of rotatable bonds is 15. The van der Waals surface area contributed by atoms with E-state index in [0.717, 1.165) is 40.9 Å². The van der Waals surface area contributed by atoms with Crippen LogP contribution in [0.1, 0.15) is 51.1 Å². The number of carbonyl (C=O) groups excluding carboxylic acids is 2. The zero-order chi connectivity index (χ0) is 39.2. The molecule has 2 atom stereocenters. The van der Waals surface area contributed by atoms with Crippen LogP contribution in [0.5, 0.6) is 34.5 Å². The maximum Gasteiger partial charge on any atom is 0.260 e. The molecule has 56 heavy (non-hydrogen) atoms. The molecule has 0 aliphatic carbocycles. The predicted octanol–water partition coefficient (Wildman–Crippen LogP) is 7.80. The van der Waals surface area contributed by atoms with Crippen LogP contribution in [0.25, 0.3) is 11.1 Å². The van der Waals surface area contributed by atoms with Crippen molar-refractivity contribution in [1.29, 1.82) is 0 Å². The Hall–Kier alpha value is -6.56. The van der Waals surface area contributed by atoms with E-state index in [1.54, 1.807) is 50.5 Å². The van der Waals surface area contributed by atoms with Gasteiger partial charge in [-0.15, -0.1) is 0 Å². The van der Waals surface area contributed by atoms with E-state index in [2.05, 4.69) is 11.1 Å². The van der Waals surface area contributed by atoms with Gasteiger partial charge < -0.3 is 38.2 Å². The highest BCUT2D eigenvalue weighted by Crippen LogP contribution is 2.40. The summed E-state index contributed by atoms with van der Waals surface area (Å²) in [5, 5.41) is 0. The molecule has 4 aromatic carbocycles. The summed E-state index contributed by atoms with van der Waals surface area (Å²) in [7, 11) is 8.36. The highest BCUT2D eigenvalue weighted by Gasteiger charge is 2.33. The second kappa shape index (κ2) is 16.8. The Kier molecular flexibility index (Phi) is 11.4. The fourth-order valence-corrected chi connectivity index (χ4v) is 6.93. The molecule has 0 radical (unpaired) electrons. The van der Waals surface area contributed by atoms with Crippen LogP contribution in [0.3, 0.4) is 0 Å². The van der Waals surface area contributed by atoms with Gasteiger partial charge in [-0.1, -0.05) is 24.3 Å². The van der Waals surface area contributed by atoms with Crippen LogP contribution in [0, 0.1) is 0 Å². The maximum absolute atomic E-state index is 13.8. The number of amides is 1. The molecule has 3 aliphatic rings. The number of hydrogen-bond acceptors (Lipinski definition) is 11. The molecule has 3 heterocycles. The van der Waals surface area contributed by atoms with Gasteiger partial charge in [0.05, 0.1) is 70.7 Å². The van der Waals surface area contributed by atoms with Gasteiger partial charge >= 0.3 is 0 Å². The number of aldehydes is 1. The van der Waals surface area contributed by atoms with Gasteiger partial charge in [0.1, 0.15) is 11.5 Å². The maximum atomic E-state index is 13.8. The fourth-order valence-electron chi connectivity index (χ4n) is 6.93. The van der Waals surface area contributed by atoms with Gasteiger partial charge in [-0.05, 0) is 65.1 Å². The van der Waals surface area contributed by atoms with Crippen molar-refractivity contribution in [2.24, 2.45) is 9.98 Å². The minimum Gasteiger partial charge on any atom is -0.497 e. The third-order valence-corrected chi connectivity index (χ3v) is 10.1. The van der Waals surface area contributed by atoms with E-state index in [1.807, 2.05) is 74.2 Å². The number of aliphatic imine (C=N–C) groups is 2. The highest BCUT2D eigenvalue weighted by molar-refractivity contribution is 6.05. The fraction of sp³-hybridized carbons (Fsp3) is 0.273. The monoisotopic (exact) mass is 756 g/mol. The van der Waals surface area contributed by atoms with E-state index in [9.17, 15) is 9.59 Å². The average Bonchev–Trinajstić information content (AvgIpc) is 3.81. The summed E-state index contributed by atoms with van der Waals surface area (Å²) >= 11 is 0. The van der Waals surface area contributed by atoms with Gasteiger partial charge in [-0.3, -0.25) is 19.6 Å².